The molecule has 0 unspecified atom stereocenters. The number of fused-ring (bicyclic) bond motifs is 1. The standard InChI is InChI=1S/C18H13ClN2O3/c1-3-8-24-12-5-6-13(16(10-12)23-2)18-20-14-7-4-11(17(19)22)9-15(14)21-18/h1,4-7,9-10H,8H2,2H3,(H,20,21). The second-order valence-corrected chi connectivity index (χ2v) is 5.29. The van der Waals surface area contributed by atoms with Gasteiger partial charge in [-0.2, -0.15) is 0 Å². The summed E-state index contributed by atoms with van der Waals surface area (Å²) in [4.78, 5) is 19.0. The number of imidazole rings is 1. The van der Waals surface area contributed by atoms with E-state index < -0.39 is 5.24 Å². The number of ether oxygens (including phenoxy) is 2. The van der Waals surface area contributed by atoms with Crippen LogP contribution in [0, 0.1) is 12.3 Å². The summed E-state index contributed by atoms with van der Waals surface area (Å²) in [7, 11) is 1.57. The van der Waals surface area contributed by atoms with E-state index in [4.69, 9.17) is 27.5 Å². The lowest BCUT2D eigenvalue weighted by Crippen LogP contribution is -1.95. The van der Waals surface area contributed by atoms with Gasteiger partial charge in [0, 0.05) is 11.6 Å². The fraction of sp³-hybridized carbons (Fsp3) is 0.111. The Bertz CT molecular complexity index is 957. The number of terminal acetylenes is 1. The molecule has 0 saturated heterocycles. The van der Waals surface area contributed by atoms with Gasteiger partial charge in [0.15, 0.2) is 0 Å². The van der Waals surface area contributed by atoms with Crippen LogP contribution in [0.25, 0.3) is 22.4 Å². The SMILES string of the molecule is C#CCOc1ccc(-c2nc3ccc(C(=O)Cl)cc3[nH]2)c(OC)c1. The highest BCUT2D eigenvalue weighted by Gasteiger charge is 2.13. The minimum atomic E-state index is -0.513. The molecule has 0 spiro atoms. The number of rotatable bonds is 5. The minimum Gasteiger partial charge on any atom is -0.496 e. The molecule has 0 saturated carbocycles. The highest BCUT2D eigenvalue weighted by atomic mass is 35.5. The molecule has 120 valence electrons. The number of carbonyl (C=O) groups is 1. The quantitative estimate of drug-likeness (QED) is 0.569. The number of hydrogen-bond acceptors (Lipinski definition) is 4. The molecule has 3 rings (SSSR count). The van der Waals surface area contributed by atoms with Crippen molar-refractivity contribution in [2.24, 2.45) is 0 Å². The fourth-order valence-corrected chi connectivity index (χ4v) is 2.46. The summed E-state index contributed by atoms with van der Waals surface area (Å²) in [6.45, 7) is 0.183. The molecule has 3 aromatic rings. The average Bonchev–Trinajstić information content (AvgIpc) is 3.02. The molecule has 0 atom stereocenters. The van der Waals surface area contributed by atoms with Gasteiger partial charge in [0.1, 0.15) is 23.9 Å². The van der Waals surface area contributed by atoms with Crippen molar-refractivity contribution in [3.8, 4) is 35.2 Å². The van der Waals surface area contributed by atoms with E-state index in [2.05, 4.69) is 15.9 Å². The number of aromatic amines is 1. The topological polar surface area (TPSA) is 64.2 Å². The van der Waals surface area contributed by atoms with Crippen LogP contribution in [0.4, 0.5) is 0 Å². The molecule has 24 heavy (non-hydrogen) atoms. The van der Waals surface area contributed by atoms with Gasteiger partial charge in [-0.15, -0.1) is 6.42 Å². The average molecular weight is 341 g/mol. The van der Waals surface area contributed by atoms with Gasteiger partial charge < -0.3 is 14.5 Å². The molecule has 0 aliphatic carbocycles. The van der Waals surface area contributed by atoms with Gasteiger partial charge in [0.05, 0.1) is 23.7 Å². The molecule has 0 fully saturated rings. The first-order valence-corrected chi connectivity index (χ1v) is 7.44. The lowest BCUT2D eigenvalue weighted by atomic mass is 10.2. The van der Waals surface area contributed by atoms with E-state index in [0.717, 1.165) is 11.1 Å². The van der Waals surface area contributed by atoms with E-state index in [9.17, 15) is 4.79 Å². The molecule has 1 heterocycles. The smallest absolute Gasteiger partial charge is 0.252 e. The second kappa shape index (κ2) is 6.65. The molecular weight excluding hydrogens is 328 g/mol. The summed E-state index contributed by atoms with van der Waals surface area (Å²) < 4.78 is 10.8. The summed E-state index contributed by atoms with van der Waals surface area (Å²) in [6, 6.07) is 10.4. The number of carbonyl (C=O) groups excluding carboxylic acids is 1. The zero-order chi connectivity index (χ0) is 17.1. The monoisotopic (exact) mass is 340 g/mol. The molecule has 1 aromatic heterocycles. The summed E-state index contributed by atoms with van der Waals surface area (Å²) in [5, 5.41) is -0.513. The van der Waals surface area contributed by atoms with Crippen LogP contribution in [0.1, 0.15) is 10.4 Å². The molecule has 2 aromatic carbocycles. The number of hydrogen-bond donors (Lipinski definition) is 1. The van der Waals surface area contributed by atoms with Crippen LogP contribution >= 0.6 is 11.6 Å². The van der Waals surface area contributed by atoms with Crippen LogP contribution in [0.5, 0.6) is 11.5 Å². The Morgan fingerprint density at radius 1 is 1.33 bits per heavy atom. The van der Waals surface area contributed by atoms with Crippen molar-refractivity contribution in [1.82, 2.24) is 9.97 Å². The predicted molar refractivity (Wildman–Crippen MR) is 92.6 cm³/mol. The summed E-state index contributed by atoms with van der Waals surface area (Å²) in [6.07, 6.45) is 5.19. The van der Waals surface area contributed by atoms with E-state index in [1.165, 1.54) is 0 Å². The Balaban J connectivity index is 2.03. The maximum absolute atomic E-state index is 11.3. The number of methoxy groups -OCH3 is 1. The molecule has 1 N–H and O–H groups in total. The van der Waals surface area contributed by atoms with Crippen molar-refractivity contribution in [3.63, 3.8) is 0 Å². The first kappa shape index (κ1) is 15.9. The van der Waals surface area contributed by atoms with Crippen molar-refractivity contribution in [2.45, 2.75) is 0 Å². The van der Waals surface area contributed by atoms with Crippen LogP contribution < -0.4 is 9.47 Å². The highest BCUT2D eigenvalue weighted by Crippen LogP contribution is 2.33. The van der Waals surface area contributed by atoms with Crippen LogP contribution in [0.2, 0.25) is 0 Å². The summed E-state index contributed by atoms with van der Waals surface area (Å²) >= 11 is 5.51. The van der Waals surface area contributed by atoms with Gasteiger partial charge in [0.2, 0.25) is 0 Å². The van der Waals surface area contributed by atoms with E-state index in [1.54, 1.807) is 37.4 Å². The Kier molecular flexibility index (Phi) is 4.41. The Morgan fingerprint density at radius 3 is 2.88 bits per heavy atom. The van der Waals surface area contributed by atoms with Gasteiger partial charge in [-0.25, -0.2) is 4.98 Å². The van der Waals surface area contributed by atoms with E-state index in [-0.39, 0.29) is 6.61 Å². The minimum absolute atomic E-state index is 0.183. The number of H-pyrrole nitrogens is 1. The lowest BCUT2D eigenvalue weighted by Gasteiger charge is -2.09. The highest BCUT2D eigenvalue weighted by molar-refractivity contribution is 6.67. The zero-order valence-electron chi connectivity index (χ0n) is 12.8. The number of benzene rings is 2. The van der Waals surface area contributed by atoms with Gasteiger partial charge >= 0.3 is 0 Å². The molecule has 0 amide bonds. The molecule has 0 bridgehead atoms. The van der Waals surface area contributed by atoms with Gasteiger partial charge in [-0.1, -0.05) is 5.92 Å². The molecule has 6 heteroatoms. The van der Waals surface area contributed by atoms with E-state index in [0.29, 0.717) is 28.4 Å². The Labute approximate surface area is 143 Å². The normalized spacial score (nSPS) is 10.4. The number of aromatic nitrogens is 2. The first-order valence-electron chi connectivity index (χ1n) is 7.06. The van der Waals surface area contributed by atoms with Crippen molar-refractivity contribution in [3.05, 3.63) is 42.0 Å². The number of halogens is 1. The van der Waals surface area contributed by atoms with Gasteiger partial charge in [-0.3, -0.25) is 4.79 Å². The Morgan fingerprint density at radius 2 is 2.17 bits per heavy atom. The largest absolute Gasteiger partial charge is 0.496 e. The molecular formula is C18H13ClN2O3. The predicted octanol–water partition coefficient (Wildman–Crippen LogP) is 3.63. The first-order chi connectivity index (χ1) is 11.6. The van der Waals surface area contributed by atoms with Gasteiger partial charge in [-0.05, 0) is 41.9 Å². The molecule has 0 aliphatic rings. The third-order valence-corrected chi connectivity index (χ3v) is 3.68. The van der Waals surface area contributed by atoms with E-state index in [1.807, 2.05) is 6.07 Å². The maximum atomic E-state index is 11.3. The van der Waals surface area contributed by atoms with Crippen LogP contribution in [0.15, 0.2) is 36.4 Å². The van der Waals surface area contributed by atoms with Crippen LogP contribution in [-0.2, 0) is 0 Å². The van der Waals surface area contributed by atoms with Crippen LogP contribution in [-0.4, -0.2) is 28.9 Å². The zero-order valence-corrected chi connectivity index (χ0v) is 13.6. The van der Waals surface area contributed by atoms with Crippen molar-refractivity contribution >= 4 is 27.9 Å². The third kappa shape index (κ3) is 3.05. The number of nitrogens with one attached hydrogen (secondary N) is 1. The summed E-state index contributed by atoms with van der Waals surface area (Å²) in [5.41, 5.74) is 2.61. The number of nitrogens with zero attached hydrogens (tertiary/aromatic N) is 1. The van der Waals surface area contributed by atoms with Crippen molar-refractivity contribution < 1.29 is 14.3 Å². The Hall–Kier alpha value is -2.97. The molecule has 5 nitrogen and oxygen atoms in total. The van der Waals surface area contributed by atoms with Crippen molar-refractivity contribution in [1.29, 1.82) is 0 Å². The molecule has 0 radical (unpaired) electrons. The lowest BCUT2D eigenvalue weighted by molar-refractivity contribution is 0.108. The maximum Gasteiger partial charge on any atom is 0.252 e. The third-order valence-electron chi connectivity index (χ3n) is 3.46. The van der Waals surface area contributed by atoms with E-state index >= 15 is 0 Å². The van der Waals surface area contributed by atoms with Crippen molar-refractivity contribution in [2.75, 3.05) is 13.7 Å². The molecule has 0 aliphatic heterocycles. The van der Waals surface area contributed by atoms with Gasteiger partial charge in [0.25, 0.3) is 5.24 Å². The fourth-order valence-electron chi connectivity index (χ4n) is 2.34. The second-order valence-electron chi connectivity index (χ2n) is 4.95. The summed E-state index contributed by atoms with van der Waals surface area (Å²) in [5.74, 6) is 4.23. The van der Waals surface area contributed by atoms with Crippen LogP contribution in [0.3, 0.4) is 0 Å².